The fourth-order valence-corrected chi connectivity index (χ4v) is 3.38. The fourth-order valence-electron chi connectivity index (χ4n) is 3.20. The summed E-state index contributed by atoms with van der Waals surface area (Å²) in [5.74, 6) is 0. The van der Waals surface area contributed by atoms with Crippen molar-refractivity contribution in [2.24, 2.45) is 0 Å². The summed E-state index contributed by atoms with van der Waals surface area (Å²) in [5, 5.41) is 1.28. The molecule has 1 aromatic heterocycles. The molecule has 2 nitrogen and oxygen atoms in total. The highest BCUT2D eigenvalue weighted by molar-refractivity contribution is 6.28. The average Bonchev–Trinajstić information content (AvgIpc) is 2.62. The molecule has 3 heteroatoms. The van der Waals surface area contributed by atoms with Crippen LogP contribution in [-0.2, 0) is 0 Å². The van der Waals surface area contributed by atoms with Crippen LogP contribution in [0.25, 0.3) is 33.3 Å². The third-order valence-corrected chi connectivity index (χ3v) is 4.69. The summed E-state index contributed by atoms with van der Waals surface area (Å²) in [4.78, 5) is 8.84. The lowest BCUT2D eigenvalue weighted by atomic mass is 9.93. The van der Waals surface area contributed by atoms with Gasteiger partial charge in [0.05, 0.1) is 11.2 Å². The first kappa shape index (κ1) is 15.8. The lowest BCUT2D eigenvalue weighted by molar-refractivity contribution is 1.22. The van der Waals surface area contributed by atoms with Crippen LogP contribution < -0.4 is 0 Å². The van der Waals surface area contributed by atoms with Crippen molar-refractivity contribution in [2.75, 3.05) is 0 Å². The molecule has 0 aliphatic rings. The van der Waals surface area contributed by atoms with E-state index in [1.54, 1.807) is 0 Å². The summed E-state index contributed by atoms with van der Waals surface area (Å²) in [7, 11) is 0. The molecule has 0 N–H and O–H groups in total. The van der Waals surface area contributed by atoms with Crippen LogP contribution in [-0.4, -0.2) is 9.97 Å². The number of halogens is 1. The minimum Gasteiger partial charge on any atom is -0.218 e. The zero-order valence-electron chi connectivity index (χ0n) is 14.1. The molecule has 0 atom stereocenters. The topological polar surface area (TPSA) is 25.8 Å². The van der Waals surface area contributed by atoms with E-state index in [0.29, 0.717) is 0 Å². The Morgan fingerprint density at radius 2 is 1.44 bits per heavy atom. The monoisotopic (exact) mass is 344 g/mol. The first-order valence-electron chi connectivity index (χ1n) is 8.23. The standard InChI is InChI=1S/C22H17ClN2/c1-14-7-3-4-8-17(14)19-13-16(12-11-15(19)2)21-18-9-5-6-10-20(18)24-22(23)25-21/h3-13H,1-2H3. The van der Waals surface area contributed by atoms with E-state index in [1.165, 1.54) is 22.3 Å². The van der Waals surface area contributed by atoms with Gasteiger partial charge in [-0.25, -0.2) is 9.97 Å². The summed E-state index contributed by atoms with van der Waals surface area (Å²) in [5.41, 5.74) is 7.72. The molecular formula is C22H17ClN2. The normalized spacial score (nSPS) is 11.0. The van der Waals surface area contributed by atoms with E-state index in [0.717, 1.165) is 22.2 Å². The second-order valence-corrected chi connectivity index (χ2v) is 6.54. The second kappa shape index (κ2) is 6.30. The minimum atomic E-state index is 0.270. The Morgan fingerprint density at radius 3 is 2.28 bits per heavy atom. The number of hydrogen-bond acceptors (Lipinski definition) is 2. The molecule has 0 amide bonds. The fraction of sp³-hybridized carbons (Fsp3) is 0.0909. The van der Waals surface area contributed by atoms with Gasteiger partial charge in [0, 0.05) is 10.9 Å². The lowest BCUT2D eigenvalue weighted by Crippen LogP contribution is -1.93. The first-order valence-corrected chi connectivity index (χ1v) is 8.60. The lowest BCUT2D eigenvalue weighted by Gasteiger charge is -2.13. The average molecular weight is 345 g/mol. The van der Waals surface area contributed by atoms with Crippen molar-refractivity contribution in [3.05, 3.63) is 83.1 Å². The molecule has 0 aliphatic carbocycles. The number of rotatable bonds is 2. The maximum atomic E-state index is 6.16. The second-order valence-electron chi connectivity index (χ2n) is 6.20. The van der Waals surface area contributed by atoms with Crippen LogP contribution in [0.15, 0.2) is 66.7 Å². The SMILES string of the molecule is Cc1ccccc1-c1cc(-c2nc(Cl)nc3ccccc23)ccc1C. The van der Waals surface area contributed by atoms with E-state index >= 15 is 0 Å². The highest BCUT2D eigenvalue weighted by atomic mass is 35.5. The molecule has 0 spiro atoms. The van der Waals surface area contributed by atoms with Crippen LogP contribution in [0.5, 0.6) is 0 Å². The number of benzene rings is 3. The molecule has 3 aromatic carbocycles. The Labute approximate surface area is 152 Å². The Bertz CT molecular complexity index is 1090. The summed E-state index contributed by atoms with van der Waals surface area (Å²) in [6, 6.07) is 22.8. The van der Waals surface area contributed by atoms with Gasteiger partial charge in [-0.05, 0) is 59.8 Å². The number of nitrogens with zero attached hydrogens (tertiary/aromatic N) is 2. The molecule has 25 heavy (non-hydrogen) atoms. The Hall–Kier alpha value is -2.71. The van der Waals surface area contributed by atoms with Gasteiger partial charge in [-0.3, -0.25) is 0 Å². The van der Waals surface area contributed by atoms with Crippen molar-refractivity contribution in [1.29, 1.82) is 0 Å². The summed E-state index contributed by atoms with van der Waals surface area (Å²) >= 11 is 6.16. The Morgan fingerprint density at radius 1 is 0.720 bits per heavy atom. The van der Waals surface area contributed by atoms with Crippen LogP contribution >= 0.6 is 11.6 Å². The Kier molecular flexibility index (Phi) is 3.98. The molecule has 0 saturated carbocycles. The number of para-hydroxylation sites is 1. The Balaban J connectivity index is 1.97. The largest absolute Gasteiger partial charge is 0.223 e. The molecule has 1 heterocycles. The van der Waals surface area contributed by atoms with E-state index in [4.69, 9.17) is 11.6 Å². The van der Waals surface area contributed by atoms with Gasteiger partial charge < -0.3 is 0 Å². The molecule has 0 bridgehead atoms. The molecule has 0 unspecified atom stereocenters. The molecular weight excluding hydrogens is 328 g/mol. The van der Waals surface area contributed by atoms with E-state index < -0.39 is 0 Å². The first-order chi connectivity index (χ1) is 12.1. The van der Waals surface area contributed by atoms with Gasteiger partial charge in [-0.15, -0.1) is 0 Å². The molecule has 0 aliphatic heterocycles. The predicted octanol–water partition coefficient (Wildman–Crippen LogP) is 6.23. The zero-order valence-corrected chi connectivity index (χ0v) is 14.9. The van der Waals surface area contributed by atoms with Crippen molar-refractivity contribution in [2.45, 2.75) is 13.8 Å². The van der Waals surface area contributed by atoms with Crippen LogP contribution in [0.2, 0.25) is 5.28 Å². The van der Waals surface area contributed by atoms with Gasteiger partial charge in [-0.2, -0.15) is 0 Å². The molecule has 122 valence electrons. The van der Waals surface area contributed by atoms with Gasteiger partial charge in [0.25, 0.3) is 0 Å². The summed E-state index contributed by atoms with van der Waals surface area (Å²) < 4.78 is 0. The number of aryl methyl sites for hydroxylation is 2. The van der Waals surface area contributed by atoms with E-state index in [9.17, 15) is 0 Å². The third kappa shape index (κ3) is 2.90. The van der Waals surface area contributed by atoms with E-state index in [-0.39, 0.29) is 5.28 Å². The predicted molar refractivity (Wildman–Crippen MR) is 105 cm³/mol. The molecule has 4 rings (SSSR count). The molecule has 0 fully saturated rings. The number of fused-ring (bicyclic) bond motifs is 1. The van der Waals surface area contributed by atoms with Crippen LogP contribution in [0.3, 0.4) is 0 Å². The van der Waals surface area contributed by atoms with E-state index in [1.807, 2.05) is 24.3 Å². The quantitative estimate of drug-likeness (QED) is 0.402. The van der Waals surface area contributed by atoms with Crippen molar-refractivity contribution in [1.82, 2.24) is 9.97 Å². The van der Waals surface area contributed by atoms with Crippen molar-refractivity contribution in [3.63, 3.8) is 0 Å². The van der Waals surface area contributed by atoms with Crippen molar-refractivity contribution in [3.8, 4) is 22.4 Å². The minimum absolute atomic E-state index is 0.270. The van der Waals surface area contributed by atoms with Crippen molar-refractivity contribution >= 4 is 22.5 Å². The van der Waals surface area contributed by atoms with Gasteiger partial charge in [-0.1, -0.05) is 54.6 Å². The van der Waals surface area contributed by atoms with Crippen LogP contribution in [0, 0.1) is 13.8 Å². The smallest absolute Gasteiger partial charge is 0.218 e. The van der Waals surface area contributed by atoms with Gasteiger partial charge in [0.15, 0.2) is 0 Å². The maximum Gasteiger partial charge on any atom is 0.223 e. The molecule has 0 saturated heterocycles. The maximum absolute atomic E-state index is 6.16. The zero-order chi connectivity index (χ0) is 17.4. The summed E-state index contributed by atoms with van der Waals surface area (Å²) in [6.45, 7) is 4.27. The van der Waals surface area contributed by atoms with Crippen LogP contribution in [0.1, 0.15) is 11.1 Å². The van der Waals surface area contributed by atoms with Crippen molar-refractivity contribution < 1.29 is 0 Å². The van der Waals surface area contributed by atoms with Gasteiger partial charge in [0.1, 0.15) is 0 Å². The summed E-state index contributed by atoms with van der Waals surface area (Å²) in [6.07, 6.45) is 0. The van der Waals surface area contributed by atoms with Crippen LogP contribution in [0.4, 0.5) is 0 Å². The highest BCUT2D eigenvalue weighted by Gasteiger charge is 2.12. The molecule has 0 radical (unpaired) electrons. The highest BCUT2D eigenvalue weighted by Crippen LogP contribution is 2.33. The van der Waals surface area contributed by atoms with Gasteiger partial charge in [0.2, 0.25) is 5.28 Å². The third-order valence-electron chi connectivity index (χ3n) is 4.52. The number of aromatic nitrogens is 2. The molecule has 4 aromatic rings. The van der Waals surface area contributed by atoms with Gasteiger partial charge >= 0.3 is 0 Å². The van der Waals surface area contributed by atoms with E-state index in [2.05, 4.69) is 66.3 Å². The number of hydrogen-bond donors (Lipinski definition) is 0.